The molecule has 0 aliphatic carbocycles. The molecule has 0 spiro atoms. The van der Waals surface area contributed by atoms with E-state index in [-0.39, 0.29) is 0 Å². The highest BCUT2D eigenvalue weighted by Gasteiger charge is 2.22. The highest BCUT2D eigenvalue weighted by molar-refractivity contribution is 5.81. The number of ether oxygens (including phenoxy) is 2. The first-order valence-corrected chi connectivity index (χ1v) is 12.3. The Labute approximate surface area is 196 Å². The monoisotopic (exact) mass is 449 g/mol. The van der Waals surface area contributed by atoms with Crippen molar-refractivity contribution >= 4 is 16.9 Å². The minimum absolute atomic E-state index is 0.559. The molecule has 2 saturated heterocycles. The second-order valence-corrected chi connectivity index (χ2v) is 9.09. The molecule has 2 aliphatic heterocycles. The van der Waals surface area contributed by atoms with Gasteiger partial charge >= 0.3 is 0 Å². The lowest BCUT2D eigenvalue weighted by Crippen LogP contribution is -2.35. The number of hydrogen-bond acceptors (Lipinski definition) is 6. The molecule has 1 aromatic carbocycles. The molecule has 0 saturated carbocycles. The van der Waals surface area contributed by atoms with E-state index in [4.69, 9.17) is 19.4 Å². The van der Waals surface area contributed by atoms with Crippen molar-refractivity contribution in [2.24, 2.45) is 0 Å². The molecule has 176 valence electrons. The fourth-order valence-corrected chi connectivity index (χ4v) is 5.00. The van der Waals surface area contributed by atoms with Crippen LogP contribution in [0.3, 0.4) is 0 Å². The van der Waals surface area contributed by atoms with Crippen LogP contribution in [0.2, 0.25) is 0 Å². The van der Waals surface area contributed by atoms with Crippen LogP contribution in [0, 0.1) is 0 Å². The number of rotatable bonds is 8. The molecule has 0 radical (unpaired) electrons. The first-order chi connectivity index (χ1) is 16.2. The Hall–Kier alpha value is -2.48. The predicted octanol–water partition coefficient (Wildman–Crippen LogP) is 3.96. The van der Waals surface area contributed by atoms with E-state index in [1.54, 1.807) is 0 Å². The molecule has 1 atom stereocenters. The molecule has 7 heteroatoms. The van der Waals surface area contributed by atoms with Gasteiger partial charge in [-0.1, -0.05) is 6.07 Å². The van der Waals surface area contributed by atoms with Crippen LogP contribution in [0.5, 0.6) is 0 Å². The Balaban J connectivity index is 1.44. The predicted molar refractivity (Wildman–Crippen MR) is 132 cm³/mol. The second kappa shape index (κ2) is 10.2. The number of morpholine rings is 1. The van der Waals surface area contributed by atoms with Gasteiger partial charge in [0.25, 0.3) is 0 Å². The lowest BCUT2D eigenvalue weighted by molar-refractivity contribution is 0.0342. The van der Waals surface area contributed by atoms with E-state index in [9.17, 15) is 0 Å². The van der Waals surface area contributed by atoms with Crippen molar-refractivity contribution in [1.82, 2.24) is 19.4 Å². The molecule has 2 fully saturated rings. The van der Waals surface area contributed by atoms with Crippen LogP contribution in [-0.4, -0.2) is 71.5 Å². The lowest BCUT2D eigenvalue weighted by atomic mass is 10.2. The maximum absolute atomic E-state index is 5.68. The highest BCUT2D eigenvalue weighted by atomic mass is 16.5. The molecule has 0 amide bonds. The van der Waals surface area contributed by atoms with Gasteiger partial charge in [0.15, 0.2) is 0 Å². The number of nitrogens with zero attached hydrogens (tertiary/aromatic N) is 5. The zero-order valence-electron chi connectivity index (χ0n) is 19.9. The number of fused-ring (bicyclic) bond motifs is 1. The van der Waals surface area contributed by atoms with E-state index in [2.05, 4.69) is 51.6 Å². The summed E-state index contributed by atoms with van der Waals surface area (Å²) >= 11 is 0. The van der Waals surface area contributed by atoms with Gasteiger partial charge in [0.2, 0.25) is 0 Å². The topological polar surface area (TPSA) is 55.7 Å². The molecular weight excluding hydrogens is 414 g/mol. The van der Waals surface area contributed by atoms with Gasteiger partial charge in [-0.2, -0.15) is 0 Å². The average molecular weight is 450 g/mol. The number of benzene rings is 1. The van der Waals surface area contributed by atoms with Crippen molar-refractivity contribution in [2.45, 2.75) is 45.8 Å². The maximum Gasteiger partial charge on any atom is 0.142 e. The lowest BCUT2D eigenvalue weighted by Gasteiger charge is -2.26. The van der Waals surface area contributed by atoms with Gasteiger partial charge in [0.1, 0.15) is 11.6 Å². The average Bonchev–Trinajstić information content (AvgIpc) is 3.43. The SMILES string of the molecule is CCOCCn1c(-c2ccc(N3CCCC3C)nc2)nc2cc(CN3CCOCC3)ccc21. The number of pyridine rings is 1. The molecule has 4 heterocycles. The van der Waals surface area contributed by atoms with Crippen molar-refractivity contribution in [3.8, 4) is 11.4 Å². The first-order valence-electron chi connectivity index (χ1n) is 12.3. The summed E-state index contributed by atoms with van der Waals surface area (Å²) in [6.45, 7) is 12.1. The number of aromatic nitrogens is 3. The summed E-state index contributed by atoms with van der Waals surface area (Å²) in [5.74, 6) is 2.02. The molecule has 1 unspecified atom stereocenters. The van der Waals surface area contributed by atoms with Gasteiger partial charge in [-0.3, -0.25) is 4.90 Å². The van der Waals surface area contributed by atoms with E-state index < -0.39 is 0 Å². The minimum Gasteiger partial charge on any atom is -0.380 e. The van der Waals surface area contributed by atoms with Crippen LogP contribution >= 0.6 is 0 Å². The van der Waals surface area contributed by atoms with Crippen LogP contribution in [-0.2, 0) is 22.6 Å². The standard InChI is InChI=1S/C26H35N5O2/c1-3-32-16-13-31-24-8-6-21(19-29-11-14-33-15-12-29)17-23(24)28-26(31)22-7-9-25(27-18-22)30-10-4-5-20(30)2/h6-9,17-18,20H,3-5,10-16,19H2,1-2H3. The summed E-state index contributed by atoms with van der Waals surface area (Å²) in [7, 11) is 0. The molecule has 0 bridgehead atoms. The van der Waals surface area contributed by atoms with Crippen LogP contribution in [0.25, 0.3) is 22.4 Å². The molecule has 2 aliphatic rings. The Kier molecular flexibility index (Phi) is 6.90. The van der Waals surface area contributed by atoms with Gasteiger partial charge in [-0.25, -0.2) is 9.97 Å². The third-order valence-corrected chi connectivity index (χ3v) is 6.84. The fourth-order valence-electron chi connectivity index (χ4n) is 5.00. The summed E-state index contributed by atoms with van der Waals surface area (Å²) in [5, 5.41) is 0. The van der Waals surface area contributed by atoms with Gasteiger partial charge in [0, 0.05) is 57.1 Å². The van der Waals surface area contributed by atoms with E-state index in [1.807, 2.05) is 13.1 Å². The highest BCUT2D eigenvalue weighted by Crippen LogP contribution is 2.29. The van der Waals surface area contributed by atoms with Crippen LogP contribution in [0.15, 0.2) is 36.5 Å². The Morgan fingerprint density at radius 3 is 2.73 bits per heavy atom. The molecule has 2 aromatic heterocycles. The van der Waals surface area contributed by atoms with E-state index >= 15 is 0 Å². The fraction of sp³-hybridized carbons (Fsp3) is 0.538. The molecule has 3 aromatic rings. The number of anilines is 1. The van der Waals surface area contributed by atoms with Gasteiger partial charge in [0.05, 0.1) is 30.9 Å². The summed E-state index contributed by atoms with van der Waals surface area (Å²) in [4.78, 5) is 14.7. The Morgan fingerprint density at radius 1 is 1.12 bits per heavy atom. The zero-order chi connectivity index (χ0) is 22.6. The molecule has 7 nitrogen and oxygen atoms in total. The quantitative estimate of drug-likeness (QED) is 0.485. The normalized spacial score (nSPS) is 19.6. The molecule has 0 N–H and O–H groups in total. The maximum atomic E-state index is 5.68. The first kappa shape index (κ1) is 22.3. The third-order valence-electron chi connectivity index (χ3n) is 6.84. The van der Waals surface area contributed by atoms with Crippen molar-refractivity contribution < 1.29 is 9.47 Å². The van der Waals surface area contributed by atoms with E-state index in [0.29, 0.717) is 12.6 Å². The van der Waals surface area contributed by atoms with Crippen LogP contribution < -0.4 is 4.90 Å². The Bertz CT molecular complexity index is 1060. The van der Waals surface area contributed by atoms with Crippen LogP contribution in [0.1, 0.15) is 32.3 Å². The van der Waals surface area contributed by atoms with Gasteiger partial charge in [-0.05, 0) is 56.5 Å². The van der Waals surface area contributed by atoms with Gasteiger partial charge < -0.3 is 18.9 Å². The summed E-state index contributed by atoms with van der Waals surface area (Å²) < 4.78 is 13.4. The third kappa shape index (κ3) is 4.90. The zero-order valence-corrected chi connectivity index (χ0v) is 19.9. The minimum atomic E-state index is 0.559. The van der Waals surface area contributed by atoms with E-state index in [0.717, 1.165) is 80.8 Å². The van der Waals surface area contributed by atoms with Crippen molar-refractivity contribution in [3.05, 3.63) is 42.1 Å². The summed E-state index contributed by atoms with van der Waals surface area (Å²) in [6.07, 6.45) is 4.46. The van der Waals surface area contributed by atoms with Crippen LogP contribution in [0.4, 0.5) is 5.82 Å². The van der Waals surface area contributed by atoms with Gasteiger partial charge in [-0.15, -0.1) is 0 Å². The number of hydrogen-bond donors (Lipinski definition) is 0. The molecule has 5 rings (SSSR count). The Morgan fingerprint density at radius 2 is 2.00 bits per heavy atom. The number of imidazole rings is 1. The summed E-state index contributed by atoms with van der Waals surface area (Å²) in [5.41, 5.74) is 4.52. The van der Waals surface area contributed by atoms with Crippen molar-refractivity contribution in [3.63, 3.8) is 0 Å². The van der Waals surface area contributed by atoms with E-state index in [1.165, 1.54) is 18.4 Å². The second-order valence-electron chi connectivity index (χ2n) is 9.09. The smallest absolute Gasteiger partial charge is 0.142 e. The van der Waals surface area contributed by atoms with Crippen molar-refractivity contribution in [2.75, 3.05) is 51.0 Å². The largest absolute Gasteiger partial charge is 0.380 e. The van der Waals surface area contributed by atoms with Crippen molar-refractivity contribution in [1.29, 1.82) is 0 Å². The molecule has 33 heavy (non-hydrogen) atoms. The molecular formula is C26H35N5O2. The summed E-state index contributed by atoms with van der Waals surface area (Å²) in [6, 6.07) is 11.5.